The highest BCUT2D eigenvalue weighted by molar-refractivity contribution is 9.10. The van der Waals surface area contributed by atoms with Crippen molar-refractivity contribution in [1.82, 2.24) is 4.98 Å². The van der Waals surface area contributed by atoms with Crippen molar-refractivity contribution in [2.45, 2.75) is 40.0 Å². The van der Waals surface area contributed by atoms with E-state index >= 15 is 0 Å². The van der Waals surface area contributed by atoms with E-state index in [1.165, 1.54) is 37.5 Å². The molecular formula is C21H22BrN. The third kappa shape index (κ3) is 3.18. The molecule has 0 amide bonds. The highest BCUT2D eigenvalue weighted by Crippen LogP contribution is 2.35. The summed E-state index contributed by atoms with van der Waals surface area (Å²) in [7, 11) is 0. The van der Waals surface area contributed by atoms with Gasteiger partial charge in [0.05, 0.1) is 5.69 Å². The maximum atomic E-state index is 4.67. The lowest BCUT2D eigenvalue weighted by molar-refractivity contribution is 0.731. The molecule has 0 aliphatic carbocycles. The molecule has 0 saturated heterocycles. The first-order valence-electron chi connectivity index (χ1n) is 8.16. The van der Waals surface area contributed by atoms with Crippen LogP contribution in [-0.2, 0) is 0 Å². The Kier molecular flexibility index (Phi) is 4.54. The first-order valence-corrected chi connectivity index (χ1v) is 8.95. The van der Waals surface area contributed by atoms with Crippen molar-refractivity contribution in [2.24, 2.45) is 0 Å². The molecule has 0 radical (unpaired) electrons. The zero-order valence-electron chi connectivity index (χ0n) is 14.2. The van der Waals surface area contributed by atoms with Crippen molar-refractivity contribution in [1.29, 1.82) is 0 Å². The second-order valence-electron chi connectivity index (χ2n) is 6.44. The van der Waals surface area contributed by atoms with Crippen LogP contribution in [0.5, 0.6) is 0 Å². The van der Waals surface area contributed by atoms with Crippen LogP contribution in [0.3, 0.4) is 0 Å². The zero-order chi connectivity index (χ0) is 16.6. The van der Waals surface area contributed by atoms with Gasteiger partial charge in [-0.1, -0.05) is 47.0 Å². The van der Waals surface area contributed by atoms with Gasteiger partial charge in [0.25, 0.3) is 0 Å². The number of rotatable bonds is 3. The number of hydrogen-bond donors (Lipinski definition) is 0. The lowest BCUT2D eigenvalue weighted by Gasteiger charge is -2.15. The van der Waals surface area contributed by atoms with Gasteiger partial charge in [0, 0.05) is 21.6 Å². The van der Waals surface area contributed by atoms with Gasteiger partial charge in [0.1, 0.15) is 0 Å². The fraction of sp³-hybridized carbons (Fsp3) is 0.286. The molecule has 0 aliphatic heterocycles. The van der Waals surface area contributed by atoms with Gasteiger partial charge < -0.3 is 0 Å². The van der Waals surface area contributed by atoms with E-state index in [9.17, 15) is 0 Å². The third-order valence-corrected chi connectivity index (χ3v) is 5.21. The van der Waals surface area contributed by atoms with Crippen LogP contribution in [-0.4, -0.2) is 4.98 Å². The first-order chi connectivity index (χ1) is 11.0. The summed E-state index contributed by atoms with van der Waals surface area (Å²) in [6.45, 7) is 8.78. The highest BCUT2D eigenvalue weighted by atomic mass is 79.9. The molecule has 0 saturated carbocycles. The molecule has 0 aliphatic rings. The average molecular weight is 368 g/mol. The summed E-state index contributed by atoms with van der Waals surface area (Å²) in [5.74, 6) is 0.548. The fourth-order valence-electron chi connectivity index (χ4n) is 3.15. The Morgan fingerprint density at radius 3 is 2.39 bits per heavy atom. The van der Waals surface area contributed by atoms with Gasteiger partial charge in [-0.2, -0.15) is 0 Å². The second-order valence-corrected chi connectivity index (χ2v) is 7.29. The van der Waals surface area contributed by atoms with E-state index < -0.39 is 0 Å². The van der Waals surface area contributed by atoms with E-state index in [-0.39, 0.29) is 0 Å². The Morgan fingerprint density at radius 1 is 1.04 bits per heavy atom. The molecule has 1 heterocycles. The molecule has 0 fully saturated rings. The minimum absolute atomic E-state index is 0.548. The fourth-order valence-corrected chi connectivity index (χ4v) is 3.89. The lowest BCUT2D eigenvalue weighted by atomic mass is 9.94. The van der Waals surface area contributed by atoms with Crippen LogP contribution in [0, 0.1) is 13.8 Å². The van der Waals surface area contributed by atoms with Crippen molar-refractivity contribution < 1.29 is 0 Å². The summed E-state index contributed by atoms with van der Waals surface area (Å²) in [5.41, 5.74) is 6.17. The van der Waals surface area contributed by atoms with Crippen molar-refractivity contribution in [2.75, 3.05) is 0 Å². The molecule has 23 heavy (non-hydrogen) atoms. The number of hydrogen-bond acceptors (Lipinski definition) is 1. The van der Waals surface area contributed by atoms with Crippen molar-refractivity contribution in [3.63, 3.8) is 0 Å². The Balaban J connectivity index is 2.25. The van der Waals surface area contributed by atoms with Crippen LogP contribution in [0.2, 0.25) is 0 Å². The maximum Gasteiger partial charge on any atom is 0.0780 e. The van der Waals surface area contributed by atoms with Crippen LogP contribution in [0.15, 0.2) is 47.1 Å². The predicted molar refractivity (Wildman–Crippen MR) is 103 cm³/mol. The largest absolute Gasteiger partial charge is 0.256 e. The van der Waals surface area contributed by atoms with E-state index in [0.717, 1.165) is 12.1 Å². The van der Waals surface area contributed by atoms with Crippen LogP contribution < -0.4 is 0 Å². The molecule has 3 rings (SSSR count). The molecule has 1 aromatic heterocycles. The number of halogens is 1. The number of fused-ring (bicyclic) bond motifs is 1. The van der Waals surface area contributed by atoms with E-state index in [0.29, 0.717) is 5.92 Å². The summed E-state index contributed by atoms with van der Waals surface area (Å²) in [5, 5.41) is 2.46. The SMILES string of the molecule is CCC(C)c1cc2ccnc(-c3cc(C)cc(C)c3)c2cc1Br. The second kappa shape index (κ2) is 6.45. The summed E-state index contributed by atoms with van der Waals surface area (Å²) in [6, 6.07) is 13.3. The van der Waals surface area contributed by atoms with Crippen molar-refractivity contribution in [3.05, 3.63) is 63.8 Å². The average Bonchev–Trinajstić information content (AvgIpc) is 2.52. The van der Waals surface area contributed by atoms with E-state index in [1.54, 1.807) is 0 Å². The maximum absolute atomic E-state index is 4.67. The summed E-state index contributed by atoms with van der Waals surface area (Å²) >= 11 is 3.77. The predicted octanol–water partition coefficient (Wildman–Crippen LogP) is 6.79. The summed E-state index contributed by atoms with van der Waals surface area (Å²) in [6.07, 6.45) is 3.06. The number of pyridine rings is 1. The third-order valence-electron chi connectivity index (χ3n) is 4.52. The molecule has 2 aromatic carbocycles. The van der Waals surface area contributed by atoms with Gasteiger partial charge in [-0.25, -0.2) is 0 Å². The van der Waals surface area contributed by atoms with E-state index in [1.807, 2.05) is 6.20 Å². The molecule has 1 atom stereocenters. The van der Waals surface area contributed by atoms with Gasteiger partial charge >= 0.3 is 0 Å². The molecule has 1 nitrogen and oxygen atoms in total. The molecule has 118 valence electrons. The van der Waals surface area contributed by atoms with Crippen molar-refractivity contribution in [3.8, 4) is 11.3 Å². The molecular weight excluding hydrogens is 346 g/mol. The van der Waals surface area contributed by atoms with Gasteiger partial charge in [0.2, 0.25) is 0 Å². The number of aryl methyl sites for hydroxylation is 2. The summed E-state index contributed by atoms with van der Waals surface area (Å²) in [4.78, 5) is 4.67. The molecule has 1 unspecified atom stereocenters. The molecule has 0 spiro atoms. The standard InChI is InChI=1S/C21H22BrN/c1-5-15(4)18-11-16-6-7-23-21(19(16)12-20(18)22)17-9-13(2)8-14(3)10-17/h6-12,15H,5H2,1-4H3. The lowest BCUT2D eigenvalue weighted by Crippen LogP contribution is -1.95. The smallest absolute Gasteiger partial charge is 0.0780 e. The Labute approximate surface area is 146 Å². The van der Waals surface area contributed by atoms with Crippen LogP contribution in [0.4, 0.5) is 0 Å². The monoisotopic (exact) mass is 367 g/mol. The van der Waals surface area contributed by atoms with E-state index in [2.05, 4.69) is 85.0 Å². The van der Waals surface area contributed by atoms with Gasteiger partial charge in [-0.05, 0) is 67.5 Å². The Bertz CT molecular complexity index is 847. The molecule has 0 bridgehead atoms. The number of benzene rings is 2. The molecule has 3 aromatic rings. The highest BCUT2D eigenvalue weighted by Gasteiger charge is 2.12. The van der Waals surface area contributed by atoms with Crippen LogP contribution in [0.25, 0.3) is 22.0 Å². The van der Waals surface area contributed by atoms with E-state index in [4.69, 9.17) is 0 Å². The summed E-state index contributed by atoms with van der Waals surface area (Å²) < 4.78 is 1.18. The minimum atomic E-state index is 0.548. The van der Waals surface area contributed by atoms with Gasteiger partial charge in [-0.3, -0.25) is 4.98 Å². The Morgan fingerprint density at radius 2 is 1.74 bits per heavy atom. The minimum Gasteiger partial charge on any atom is -0.256 e. The van der Waals surface area contributed by atoms with Crippen molar-refractivity contribution >= 4 is 26.7 Å². The van der Waals surface area contributed by atoms with Crippen LogP contribution in [0.1, 0.15) is 42.9 Å². The first kappa shape index (κ1) is 16.2. The number of nitrogens with zero attached hydrogens (tertiary/aromatic N) is 1. The Hall–Kier alpha value is -1.67. The number of aromatic nitrogens is 1. The molecule has 0 N–H and O–H groups in total. The normalized spacial score (nSPS) is 12.6. The topological polar surface area (TPSA) is 12.9 Å². The zero-order valence-corrected chi connectivity index (χ0v) is 15.7. The van der Waals surface area contributed by atoms with Gasteiger partial charge in [0.15, 0.2) is 0 Å². The van der Waals surface area contributed by atoms with Crippen LogP contribution >= 0.6 is 15.9 Å². The molecule has 2 heteroatoms. The van der Waals surface area contributed by atoms with Gasteiger partial charge in [-0.15, -0.1) is 0 Å². The quantitative estimate of drug-likeness (QED) is 0.496.